The third kappa shape index (κ3) is 3.89. The largest absolute Gasteiger partial charge is 0.508 e. The van der Waals surface area contributed by atoms with Crippen LogP contribution in [-0.2, 0) is 6.42 Å². The van der Waals surface area contributed by atoms with Crippen molar-refractivity contribution >= 4 is 48.8 Å². The van der Waals surface area contributed by atoms with Gasteiger partial charge in [-0.3, -0.25) is 0 Å². The van der Waals surface area contributed by atoms with Gasteiger partial charge < -0.3 is 10.4 Å². The fourth-order valence-corrected chi connectivity index (χ4v) is 5.80. The first kappa shape index (κ1) is 20.0. The second-order valence-electron chi connectivity index (χ2n) is 7.91. The highest BCUT2D eigenvalue weighted by molar-refractivity contribution is 7.18. The highest BCUT2D eigenvalue weighted by atomic mass is 32.1. The van der Waals surface area contributed by atoms with Gasteiger partial charge in [0.25, 0.3) is 0 Å². The Morgan fingerprint density at radius 1 is 0.968 bits per heavy atom. The molecule has 0 amide bonds. The predicted molar refractivity (Wildman–Crippen MR) is 133 cm³/mol. The van der Waals surface area contributed by atoms with E-state index in [-0.39, 0.29) is 0 Å². The number of thiophene rings is 2. The lowest BCUT2D eigenvalue weighted by Gasteiger charge is -2.10. The summed E-state index contributed by atoms with van der Waals surface area (Å²) in [5, 5.41) is 18.6. The van der Waals surface area contributed by atoms with Crippen LogP contribution in [-0.4, -0.2) is 21.6 Å². The minimum atomic E-state index is 0.293. The van der Waals surface area contributed by atoms with Crippen molar-refractivity contribution in [3.05, 3.63) is 70.4 Å². The molecule has 0 aliphatic rings. The maximum Gasteiger partial charge on any atom is 0.163 e. The molecule has 3 heterocycles. The Bertz CT molecular complexity index is 1350. The zero-order chi connectivity index (χ0) is 21.4. The van der Waals surface area contributed by atoms with E-state index in [0.29, 0.717) is 11.7 Å². The number of benzene rings is 2. The van der Waals surface area contributed by atoms with E-state index >= 15 is 0 Å². The van der Waals surface area contributed by atoms with Gasteiger partial charge in [-0.05, 0) is 47.0 Å². The number of hydrogen-bond acceptors (Lipinski definition) is 6. The smallest absolute Gasteiger partial charge is 0.163 e. The lowest BCUT2D eigenvalue weighted by Crippen LogP contribution is -2.07. The highest BCUT2D eigenvalue weighted by Crippen LogP contribution is 2.38. The Labute approximate surface area is 189 Å². The van der Waals surface area contributed by atoms with Crippen molar-refractivity contribution in [1.82, 2.24) is 9.97 Å². The molecule has 0 saturated heterocycles. The molecule has 6 heteroatoms. The van der Waals surface area contributed by atoms with Gasteiger partial charge in [0.05, 0.1) is 10.2 Å². The van der Waals surface area contributed by atoms with E-state index in [4.69, 9.17) is 9.97 Å². The van der Waals surface area contributed by atoms with Gasteiger partial charge in [0.15, 0.2) is 5.82 Å². The molecule has 0 atom stereocenters. The molecule has 156 valence electrons. The number of phenols is 1. The van der Waals surface area contributed by atoms with Crippen molar-refractivity contribution < 1.29 is 5.11 Å². The highest BCUT2D eigenvalue weighted by Gasteiger charge is 2.18. The summed E-state index contributed by atoms with van der Waals surface area (Å²) < 4.78 is 2.36. The Morgan fingerprint density at radius 2 is 1.77 bits per heavy atom. The normalized spacial score (nSPS) is 11.6. The Hall–Kier alpha value is -2.96. The van der Waals surface area contributed by atoms with E-state index in [9.17, 15) is 5.11 Å². The summed E-state index contributed by atoms with van der Waals surface area (Å²) in [4.78, 5) is 9.99. The lowest BCUT2D eigenvalue weighted by molar-refractivity contribution is 0.475. The van der Waals surface area contributed by atoms with Crippen LogP contribution in [0.1, 0.15) is 30.9 Å². The summed E-state index contributed by atoms with van der Waals surface area (Å²) >= 11 is 3.44. The van der Waals surface area contributed by atoms with Crippen LogP contribution in [0.4, 0.5) is 5.82 Å². The van der Waals surface area contributed by atoms with Gasteiger partial charge in [-0.2, -0.15) is 0 Å². The molecule has 0 saturated carbocycles. The van der Waals surface area contributed by atoms with Gasteiger partial charge in [-0.15, -0.1) is 22.7 Å². The van der Waals surface area contributed by atoms with Crippen LogP contribution in [0.15, 0.2) is 59.3 Å². The summed E-state index contributed by atoms with van der Waals surface area (Å²) in [5.74, 6) is 2.37. The summed E-state index contributed by atoms with van der Waals surface area (Å²) in [5.41, 5.74) is 4.58. The van der Waals surface area contributed by atoms with Gasteiger partial charge >= 0.3 is 0 Å². The van der Waals surface area contributed by atoms with Crippen molar-refractivity contribution in [1.29, 1.82) is 0 Å². The van der Waals surface area contributed by atoms with Crippen molar-refractivity contribution in [3.8, 4) is 17.1 Å². The van der Waals surface area contributed by atoms with Gasteiger partial charge in [-0.1, -0.05) is 44.2 Å². The number of nitrogens with zero attached hydrogens (tertiary/aromatic N) is 2. The molecule has 2 aromatic carbocycles. The standard InChI is InChI=1S/C25H23N3OS2/c1-15(2)19-13-31-23-22(19)27-24(20-14-30-21-6-4-3-5-18(20)21)28-25(23)26-12-11-16-7-9-17(29)10-8-16/h3-10,13-15,29H,11-12H2,1-2H3,(H,26,27,28). The maximum absolute atomic E-state index is 9.49. The number of phenolic OH excluding ortho intramolecular Hbond substituents is 1. The predicted octanol–water partition coefficient (Wildman–Crippen LogP) is 7.06. The van der Waals surface area contributed by atoms with Crippen LogP contribution in [0.25, 0.3) is 31.7 Å². The van der Waals surface area contributed by atoms with Gasteiger partial charge in [0.2, 0.25) is 0 Å². The van der Waals surface area contributed by atoms with Crippen LogP contribution in [0, 0.1) is 0 Å². The molecule has 2 N–H and O–H groups in total. The Morgan fingerprint density at radius 3 is 2.58 bits per heavy atom. The molecule has 5 aromatic rings. The summed E-state index contributed by atoms with van der Waals surface area (Å²) in [6.45, 7) is 5.18. The van der Waals surface area contributed by atoms with Crippen molar-refractivity contribution in [2.45, 2.75) is 26.2 Å². The number of fused-ring (bicyclic) bond motifs is 2. The van der Waals surface area contributed by atoms with E-state index in [1.165, 1.54) is 21.2 Å². The molecule has 0 aliphatic heterocycles. The summed E-state index contributed by atoms with van der Waals surface area (Å²) in [6, 6.07) is 15.8. The first-order valence-corrected chi connectivity index (χ1v) is 12.1. The zero-order valence-corrected chi connectivity index (χ0v) is 19.1. The molecule has 31 heavy (non-hydrogen) atoms. The number of hydrogen-bond donors (Lipinski definition) is 2. The van der Waals surface area contributed by atoms with Crippen LogP contribution < -0.4 is 5.32 Å². The summed E-state index contributed by atoms with van der Waals surface area (Å²) in [7, 11) is 0. The maximum atomic E-state index is 9.49. The van der Waals surface area contributed by atoms with Gasteiger partial charge in [0.1, 0.15) is 11.6 Å². The van der Waals surface area contributed by atoms with Crippen molar-refractivity contribution in [2.24, 2.45) is 0 Å². The monoisotopic (exact) mass is 445 g/mol. The summed E-state index contributed by atoms with van der Waals surface area (Å²) in [6.07, 6.45) is 0.852. The Balaban J connectivity index is 1.54. The van der Waals surface area contributed by atoms with E-state index in [0.717, 1.165) is 40.4 Å². The molecule has 0 fully saturated rings. The van der Waals surface area contributed by atoms with Crippen LogP contribution >= 0.6 is 22.7 Å². The van der Waals surface area contributed by atoms with E-state index in [1.807, 2.05) is 12.1 Å². The lowest BCUT2D eigenvalue weighted by atomic mass is 10.1. The quantitative estimate of drug-likeness (QED) is 0.294. The molecule has 0 radical (unpaired) electrons. The van der Waals surface area contributed by atoms with Crippen LogP contribution in [0.5, 0.6) is 5.75 Å². The van der Waals surface area contributed by atoms with Crippen LogP contribution in [0.3, 0.4) is 0 Å². The third-order valence-electron chi connectivity index (χ3n) is 5.43. The minimum Gasteiger partial charge on any atom is -0.508 e. The van der Waals surface area contributed by atoms with Crippen molar-refractivity contribution in [2.75, 3.05) is 11.9 Å². The second kappa shape index (κ2) is 8.29. The van der Waals surface area contributed by atoms with Crippen molar-refractivity contribution in [3.63, 3.8) is 0 Å². The molecule has 3 aromatic heterocycles. The molecule has 5 rings (SSSR count). The third-order valence-corrected chi connectivity index (χ3v) is 7.39. The average Bonchev–Trinajstić information content (AvgIpc) is 3.39. The topological polar surface area (TPSA) is 58.0 Å². The van der Waals surface area contributed by atoms with E-state index < -0.39 is 0 Å². The average molecular weight is 446 g/mol. The van der Waals surface area contributed by atoms with Crippen LogP contribution in [0.2, 0.25) is 0 Å². The molecule has 0 unspecified atom stereocenters. The molecular weight excluding hydrogens is 422 g/mol. The van der Waals surface area contributed by atoms with Gasteiger partial charge in [0, 0.05) is 27.6 Å². The number of rotatable bonds is 6. The number of nitrogens with one attached hydrogen (secondary N) is 1. The number of aromatic nitrogens is 2. The fraction of sp³-hybridized carbons (Fsp3) is 0.200. The SMILES string of the molecule is CC(C)c1csc2c(NCCc3ccc(O)cc3)nc(-c3csc4ccccc34)nc12. The van der Waals surface area contributed by atoms with Gasteiger partial charge in [-0.25, -0.2) is 9.97 Å². The van der Waals surface area contributed by atoms with E-state index in [2.05, 4.69) is 54.2 Å². The second-order valence-corrected chi connectivity index (χ2v) is 9.70. The minimum absolute atomic E-state index is 0.293. The first-order valence-electron chi connectivity index (χ1n) is 10.4. The van der Waals surface area contributed by atoms with E-state index in [1.54, 1.807) is 34.8 Å². The Kier molecular flexibility index (Phi) is 5.34. The molecule has 0 bridgehead atoms. The molecule has 0 aliphatic carbocycles. The number of anilines is 1. The zero-order valence-electron chi connectivity index (χ0n) is 17.4. The molecule has 4 nitrogen and oxygen atoms in total. The fourth-order valence-electron chi connectivity index (χ4n) is 3.72. The number of aromatic hydroxyl groups is 1. The molecule has 0 spiro atoms. The first-order chi connectivity index (χ1) is 15.1. The molecular formula is C25H23N3OS2.